The molecule has 1 fully saturated rings. The first-order chi connectivity index (χ1) is 13.0. The van der Waals surface area contributed by atoms with E-state index in [4.69, 9.17) is 4.74 Å². The Labute approximate surface area is 156 Å². The number of likely N-dealkylation sites (tertiary alicyclic amines) is 1. The van der Waals surface area contributed by atoms with E-state index in [0.717, 1.165) is 0 Å². The number of aromatic nitrogens is 3. The fourth-order valence-electron chi connectivity index (χ4n) is 3.22. The molecule has 7 nitrogen and oxygen atoms in total. The van der Waals surface area contributed by atoms with Gasteiger partial charge in [0.2, 0.25) is 0 Å². The Kier molecular flexibility index (Phi) is 6.00. The number of carbonyl (C=O) groups excluding carboxylic acids is 1. The van der Waals surface area contributed by atoms with E-state index in [1.807, 2.05) is 0 Å². The number of hydrogen-bond acceptors (Lipinski definition) is 5. The summed E-state index contributed by atoms with van der Waals surface area (Å²) in [6.07, 6.45) is -0.697. The number of amides is 1. The van der Waals surface area contributed by atoms with Gasteiger partial charge < -0.3 is 15.0 Å². The molecule has 3 rings (SSSR count). The van der Waals surface area contributed by atoms with E-state index >= 15 is 0 Å². The van der Waals surface area contributed by atoms with Crippen molar-refractivity contribution in [3.63, 3.8) is 0 Å². The molecule has 2 aromatic rings. The summed E-state index contributed by atoms with van der Waals surface area (Å²) in [6.45, 7) is 3.04. The van der Waals surface area contributed by atoms with Crippen LogP contribution >= 0.6 is 0 Å². The topological polar surface area (TPSA) is 72.3 Å². The minimum atomic E-state index is -1.02. The van der Waals surface area contributed by atoms with Crippen molar-refractivity contribution in [3.05, 3.63) is 41.5 Å². The molecule has 0 radical (unpaired) electrons. The van der Waals surface area contributed by atoms with Crippen molar-refractivity contribution in [3.8, 4) is 5.75 Å². The maximum atomic E-state index is 13.8. The lowest BCUT2D eigenvalue weighted by Crippen LogP contribution is -2.41. The minimum Gasteiger partial charge on any atom is -0.492 e. The Bertz CT molecular complexity index is 781. The highest BCUT2D eigenvalue weighted by atomic mass is 19.1. The molecule has 1 aromatic heterocycles. The van der Waals surface area contributed by atoms with Crippen molar-refractivity contribution in [1.82, 2.24) is 25.2 Å². The molecule has 2 heterocycles. The van der Waals surface area contributed by atoms with Crippen LogP contribution in [0, 0.1) is 12.7 Å². The molecule has 0 spiro atoms. The summed E-state index contributed by atoms with van der Waals surface area (Å²) >= 11 is 0. The summed E-state index contributed by atoms with van der Waals surface area (Å²) in [4.78, 5) is 14.3. The molecular weight excluding hydrogens is 356 g/mol. The zero-order valence-electron chi connectivity index (χ0n) is 15.4. The highest BCUT2D eigenvalue weighted by molar-refractivity contribution is 5.93. The van der Waals surface area contributed by atoms with E-state index in [1.54, 1.807) is 30.8 Å². The number of hydrogen-bond donors (Lipinski definition) is 1. The first-order valence-corrected chi connectivity index (χ1v) is 8.87. The van der Waals surface area contributed by atoms with Gasteiger partial charge in [0, 0.05) is 19.0 Å². The quantitative estimate of drug-likeness (QED) is 0.791. The number of alkyl halides is 1. The van der Waals surface area contributed by atoms with Gasteiger partial charge in [-0.1, -0.05) is 5.21 Å². The van der Waals surface area contributed by atoms with E-state index in [0.29, 0.717) is 37.6 Å². The van der Waals surface area contributed by atoms with Gasteiger partial charge >= 0.3 is 0 Å². The maximum Gasteiger partial charge on any atom is 0.276 e. The highest BCUT2D eigenvalue weighted by Gasteiger charge is 2.37. The average molecular weight is 379 g/mol. The Balaban J connectivity index is 1.62. The van der Waals surface area contributed by atoms with E-state index in [-0.39, 0.29) is 30.0 Å². The number of ether oxygens (including phenoxy) is 1. The van der Waals surface area contributed by atoms with Crippen LogP contribution in [0.25, 0.3) is 0 Å². The molecule has 0 unspecified atom stereocenters. The van der Waals surface area contributed by atoms with Crippen LogP contribution in [-0.4, -0.2) is 64.8 Å². The Morgan fingerprint density at radius 1 is 1.37 bits per heavy atom. The minimum absolute atomic E-state index is 0.0746. The molecule has 0 saturated carbocycles. The molecule has 27 heavy (non-hydrogen) atoms. The lowest BCUT2D eigenvalue weighted by Gasteiger charge is -2.23. The molecule has 1 amide bonds. The third-order valence-electron chi connectivity index (χ3n) is 4.63. The maximum absolute atomic E-state index is 13.8. The number of halogens is 2. The standard InChI is InChI=1S/C18H23F2N5O2/c1-12-17(18(26)24-11-14(20)9-15(24)10-21-2)22-23-25(12)7-8-27-16-5-3-13(19)4-6-16/h3-6,14-15,21H,7-11H2,1-2H3/t14-,15-/m0/s1. The Morgan fingerprint density at radius 2 is 2.11 bits per heavy atom. The van der Waals surface area contributed by atoms with Crippen LogP contribution in [-0.2, 0) is 6.54 Å². The Morgan fingerprint density at radius 3 is 2.81 bits per heavy atom. The second-order valence-electron chi connectivity index (χ2n) is 6.55. The summed E-state index contributed by atoms with van der Waals surface area (Å²) in [6, 6.07) is 5.54. The largest absolute Gasteiger partial charge is 0.492 e. The van der Waals surface area contributed by atoms with Crippen LogP contribution in [0.3, 0.4) is 0 Å². The number of rotatable bonds is 7. The van der Waals surface area contributed by atoms with Crippen LogP contribution in [0.5, 0.6) is 5.75 Å². The lowest BCUT2D eigenvalue weighted by molar-refractivity contribution is 0.0723. The van der Waals surface area contributed by atoms with Crippen molar-refractivity contribution in [2.75, 3.05) is 26.7 Å². The van der Waals surface area contributed by atoms with Crippen LogP contribution in [0.2, 0.25) is 0 Å². The van der Waals surface area contributed by atoms with E-state index in [1.165, 1.54) is 17.0 Å². The number of likely N-dealkylation sites (N-methyl/N-ethyl adjacent to an activating group) is 1. The van der Waals surface area contributed by atoms with Gasteiger partial charge in [0.25, 0.3) is 5.91 Å². The van der Waals surface area contributed by atoms with Gasteiger partial charge in [-0.3, -0.25) is 4.79 Å². The third kappa shape index (κ3) is 4.41. The fraction of sp³-hybridized carbons (Fsp3) is 0.500. The zero-order chi connectivity index (χ0) is 19.4. The smallest absolute Gasteiger partial charge is 0.276 e. The van der Waals surface area contributed by atoms with E-state index in [2.05, 4.69) is 15.6 Å². The van der Waals surface area contributed by atoms with Crippen molar-refractivity contribution in [2.24, 2.45) is 0 Å². The fourth-order valence-corrected chi connectivity index (χ4v) is 3.22. The molecule has 9 heteroatoms. The van der Waals surface area contributed by atoms with Gasteiger partial charge in [-0.25, -0.2) is 13.5 Å². The van der Waals surface area contributed by atoms with Crippen LogP contribution < -0.4 is 10.1 Å². The lowest BCUT2D eigenvalue weighted by atomic mass is 10.2. The molecule has 1 aliphatic heterocycles. The monoisotopic (exact) mass is 379 g/mol. The predicted octanol–water partition coefficient (Wildman–Crippen LogP) is 1.58. The molecule has 0 bridgehead atoms. The number of nitrogens with one attached hydrogen (secondary N) is 1. The molecule has 1 aliphatic rings. The van der Waals surface area contributed by atoms with Gasteiger partial charge in [-0.2, -0.15) is 0 Å². The summed E-state index contributed by atoms with van der Waals surface area (Å²) in [5.41, 5.74) is 0.834. The van der Waals surface area contributed by atoms with Gasteiger partial charge in [-0.15, -0.1) is 5.10 Å². The number of nitrogens with zero attached hydrogens (tertiary/aromatic N) is 4. The van der Waals surface area contributed by atoms with Crippen LogP contribution in [0.1, 0.15) is 22.6 Å². The second-order valence-corrected chi connectivity index (χ2v) is 6.55. The summed E-state index contributed by atoms with van der Waals surface area (Å²) in [5.74, 6) is -0.0864. The molecule has 2 atom stereocenters. The average Bonchev–Trinajstić information content (AvgIpc) is 3.19. The van der Waals surface area contributed by atoms with Gasteiger partial charge in [-0.05, 0) is 38.2 Å². The van der Waals surface area contributed by atoms with Crippen LogP contribution in [0.15, 0.2) is 24.3 Å². The SMILES string of the molecule is CNC[C@@H]1C[C@H](F)CN1C(=O)c1nnn(CCOc2ccc(F)cc2)c1C. The van der Waals surface area contributed by atoms with Gasteiger partial charge in [0.1, 0.15) is 24.3 Å². The first kappa shape index (κ1) is 19.2. The van der Waals surface area contributed by atoms with E-state index < -0.39 is 6.17 Å². The van der Waals surface area contributed by atoms with Crippen molar-refractivity contribution >= 4 is 5.91 Å². The van der Waals surface area contributed by atoms with Crippen molar-refractivity contribution < 1.29 is 18.3 Å². The summed E-state index contributed by atoms with van der Waals surface area (Å²) in [5, 5.41) is 11.0. The molecule has 146 valence electrons. The predicted molar refractivity (Wildman–Crippen MR) is 94.9 cm³/mol. The molecule has 1 aromatic carbocycles. The normalized spacial score (nSPS) is 19.5. The summed E-state index contributed by atoms with van der Waals surface area (Å²) < 4.78 is 33.8. The molecular formula is C18H23F2N5O2. The van der Waals surface area contributed by atoms with Gasteiger partial charge in [0.15, 0.2) is 5.69 Å². The van der Waals surface area contributed by atoms with Crippen molar-refractivity contribution in [1.29, 1.82) is 0 Å². The molecule has 1 N–H and O–H groups in total. The third-order valence-corrected chi connectivity index (χ3v) is 4.63. The van der Waals surface area contributed by atoms with E-state index in [9.17, 15) is 13.6 Å². The Hall–Kier alpha value is -2.55. The molecule has 1 saturated heterocycles. The first-order valence-electron chi connectivity index (χ1n) is 8.87. The summed E-state index contributed by atoms with van der Waals surface area (Å²) in [7, 11) is 1.77. The number of carbonyl (C=O) groups is 1. The second kappa shape index (κ2) is 8.43. The highest BCUT2D eigenvalue weighted by Crippen LogP contribution is 2.22. The van der Waals surface area contributed by atoms with Gasteiger partial charge in [0.05, 0.1) is 18.8 Å². The van der Waals surface area contributed by atoms with Crippen LogP contribution in [0.4, 0.5) is 8.78 Å². The zero-order valence-corrected chi connectivity index (χ0v) is 15.4. The number of benzene rings is 1. The molecule has 0 aliphatic carbocycles. The van der Waals surface area contributed by atoms with Crippen molar-refractivity contribution in [2.45, 2.75) is 32.1 Å².